The molecular formula is C19H20O. The first-order valence-electron chi connectivity index (χ1n) is 7.20. The van der Waals surface area contributed by atoms with Gasteiger partial charge in [-0.25, -0.2) is 0 Å². The Morgan fingerprint density at radius 1 is 0.850 bits per heavy atom. The van der Waals surface area contributed by atoms with E-state index in [2.05, 4.69) is 30.8 Å². The van der Waals surface area contributed by atoms with Crippen LogP contribution in [0.4, 0.5) is 0 Å². The highest BCUT2D eigenvalue weighted by molar-refractivity contribution is 5.46. The van der Waals surface area contributed by atoms with Crippen LogP contribution in [0.3, 0.4) is 0 Å². The van der Waals surface area contributed by atoms with Gasteiger partial charge in [0.1, 0.15) is 0 Å². The molecule has 0 bridgehead atoms. The van der Waals surface area contributed by atoms with E-state index in [0.29, 0.717) is 0 Å². The van der Waals surface area contributed by atoms with Gasteiger partial charge in [-0.2, -0.15) is 0 Å². The number of aliphatic hydroxyl groups is 1. The van der Waals surface area contributed by atoms with Gasteiger partial charge < -0.3 is 5.11 Å². The van der Waals surface area contributed by atoms with Gasteiger partial charge in [-0.3, -0.25) is 0 Å². The summed E-state index contributed by atoms with van der Waals surface area (Å²) >= 11 is 0. The molecule has 2 aromatic carbocycles. The highest BCUT2D eigenvalue weighted by Crippen LogP contribution is 2.53. The van der Waals surface area contributed by atoms with Gasteiger partial charge in [-0.05, 0) is 30.4 Å². The van der Waals surface area contributed by atoms with Crippen molar-refractivity contribution in [1.82, 2.24) is 0 Å². The Kier molecular flexibility index (Phi) is 3.23. The number of hydrogen-bond donors (Lipinski definition) is 1. The van der Waals surface area contributed by atoms with E-state index in [1.54, 1.807) is 6.08 Å². The van der Waals surface area contributed by atoms with Gasteiger partial charge in [-0.1, -0.05) is 66.7 Å². The molecule has 0 saturated heterocycles. The topological polar surface area (TPSA) is 20.2 Å². The Bertz CT molecular complexity index is 548. The van der Waals surface area contributed by atoms with E-state index in [-0.39, 0.29) is 5.41 Å². The predicted molar refractivity (Wildman–Crippen MR) is 82.7 cm³/mol. The predicted octanol–water partition coefficient (Wildman–Crippen LogP) is 4.07. The zero-order valence-electron chi connectivity index (χ0n) is 11.6. The molecule has 0 spiro atoms. The van der Waals surface area contributed by atoms with E-state index in [4.69, 9.17) is 0 Å². The summed E-state index contributed by atoms with van der Waals surface area (Å²) in [5.41, 5.74) is 1.09. The van der Waals surface area contributed by atoms with E-state index < -0.39 is 5.60 Å². The zero-order chi connectivity index (χ0) is 14.1. The van der Waals surface area contributed by atoms with Gasteiger partial charge in [0.2, 0.25) is 0 Å². The molecule has 1 aliphatic carbocycles. The molecule has 0 amide bonds. The van der Waals surface area contributed by atoms with Crippen LogP contribution in [-0.2, 0) is 5.41 Å². The van der Waals surface area contributed by atoms with Crippen molar-refractivity contribution in [3.63, 3.8) is 0 Å². The Balaban J connectivity index is 2.27. The summed E-state index contributed by atoms with van der Waals surface area (Å²) < 4.78 is 0. The van der Waals surface area contributed by atoms with Crippen molar-refractivity contribution in [3.8, 4) is 0 Å². The maximum atomic E-state index is 11.2. The van der Waals surface area contributed by atoms with E-state index in [9.17, 15) is 5.11 Å². The summed E-state index contributed by atoms with van der Waals surface area (Å²) in [5, 5.41) is 11.2. The van der Waals surface area contributed by atoms with E-state index in [1.807, 2.05) is 36.4 Å². The minimum atomic E-state index is -0.879. The molecule has 1 atom stereocenters. The Hall–Kier alpha value is -1.86. The van der Waals surface area contributed by atoms with Crippen LogP contribution in [-0.4, -0.2) is 10.7 Å². The average Bonchev–Trinajstić information content (AvgIpc) is 2.88. The fourth-order valence-electron chi connectivity index (χ4n) is 3.73. The summed E-state index contributed by atoms with van der Waals surface area (Å²) in [6, 6.07) is 20.7. The van der Waals surface area contributed by atoms with Crippen molar-refractivity contribution in [1.29, 1.82) is 0 Å². The van der Waals surface area contributed by atoms with Crippen molar-refractivity contribution in [2.75, 3.05) is 0 Å². The number of hydrogen-bond acceptors (Lipinski definition) is 1. The largest absolute Gasteiger partial charge is 0.385 e. The lowest BCUT2D eigenvalue weighted by Gasteiger charge is -2.42. The molecule has 1 N–H and O–H groups in total. The lowest BCUT2D eigenvalue weighted by atomic mass is 9.65. The van der Waals surface area contributed by atoms with E-state index in [1.165, 1.54) is 11.1 Å². The monoisotopic (exact) mass is 264 g/mol. The van der Waals surface area contributed by atoms with Crippen LogP contribution in [0, 0.1) is 0 Å². The van der Waals surface area contributed by atoms with Crippen LogP contribution in [0.5, 0.6) is 0 Å². The van der Waals surface area contributed by atoms with Gasteiger partial charge in [0.15, 0.2) is 0 Å². The third kappa shape index (κ3) is 1.74. The molecule has 1 saturated carbocycles. The van der Waals surface area contributed by atoms with Gasteiger partial charge >= 0.3 is 0 Å². The first-order valence-corrected chi connectivity index (χ1v) is 7.20. The van der Waals surface area contributed by atoms with Crippen molar-refractivity contribution in [3.05, 3.63) is 84.4 Å². The van der Waals surface area contributed by atoms with Crippen molar-refractivity contribution < 1.29 is 5.11 Å². The van der Waals surface area contributed by atoms with Gasteiger partial charge in [-0.15, -0.1) is 6.58 Å². The lowest BCUT2D eigenvalue weighted by molar-refractivity contribution is 0.0463. The second-order valence-corrected chi connectivity index (χ2v) is 5.62. The van der Waals surface area contributed by atoms with Gasteiger partial charge in [0, 0.05) is 0 Å². The minimum Gasteiger partial charge on any atom is -0.385 e. The van der Waals surface area contributed by atoms with Crippen LogP contribution < -0.4 is 0 Å². The summed E-state index contributed by atoms with van der Waals surface area (Å²) in [6.07, 6.45) is 4.45. The molecule has 3 rings (SSSR count). The summed E-state index contributed by atoms with van der Waals surface area (Å²) in [6.45, 7) is 3.91. The summed E-state index contributed by atoms with van der Waals surface area (Å²) in [5.74, 6) is 0. The number of rotatable bonds is 3. The first-order chi connectivity index (χ1) is 9.73. The highest BCUT2D eigenvalue weighted by Gasteiger charge is 2.54. The molecule has 2 aromatic rings. The minimum absolute atomic E-state index is 0.378. The molecule has 1 nitrogen and oxygen atoms in total. The van der Waals surface area contributed by atoms with Crippen LogP contribution in [0.15, 0.2) is 73.3 Å². The van der Waals surface area contributed by atoms with E-state index in [0.717, 1.165) is 19.3 Å². The Morgan fingerprint density at radius 3 is 1.80 bits per heavy atom. The smallest absolute Gasteiger partial charge is 0.0961 e. The molecule has 20 heavy (non-hydrogen) atoms. The van der Waals surface area contributed by atoms with Crippen LogP contribution >= 0.6 is 0 Å². The molecule has 1 aliphatic rings. The maximum absolute atomic E-state index is 11.2. The third-order valence-corrected chi connectivity index (χ3v) is 4.72. The van der Waals surface area contributed by atoms with E-state index >= 15 is 0 Å². The average molecular weight is 264 g/mol. The summed E-state index contributed by atoms with van der Waals surface area (Å²) in [4.78, 5) is 0. The van der Waals surface area contributed by atoms with Crippen molar-refractivity contribution >= 4 is 0 Å². The molecular weight excluding hydrogens is 244 g/mol. The number of benzene rings is 2. The molecule has 1 unspecified atom stereocenters. The second-order valence-electron chi connectivity index (χ2n) is 5.62. The fourth-order valence-corrected chi connectivity index (χ4v) is 3.73. The Labute approximate surface area is 120 Å². The SMILES string of the molecule is C=CC1(O)CCCC1(c1ccccc1)c1ccccc1. The molecule has 0 aliphatic heterocycles. The molecule has 1 heteroatoms. The summed E-state index contributed by atoms with van der Waals surface area (Å²) in [7, 11) is 0. The van der Waals surface area contributed by atoms with Gasteiger partial charge in [0.25, 0.3) is 0 Å². The van der Waals surface area contributed by atoms with Crippen molar-refractivity contribution in [2.45, 2.75) is 30.3 Å². The van der Waals surface area contributed by atoms with Crippen LogP contribution in [0.25, 0.3) is 0 Å². The normalized spacial score (nSPS) is 24.4. The molecule has 0 radical (unpaired) electrons. The van der Waals surface area contributed by atoms with Crippen LogP contribution in [0.2, 0.25) is 0 Å². The molecule has 102 valence electrons. The quantitative estimate of drug-likeness (QED) is 0.828. The molecule has 1 fully saturated rings. The third-order valence-electron chi connectivity index (χ3n) is 4.72. The molecule has 0 aromatic heterocycles. The zero-order valence-corrected chi connectivity index (χ0v) is 11.6. The first kappa shape index (κ1) is 13.1. The van der Waals surface area contributed by atoms with Crippen LogP contribution in [0.1, 0.15) is 30.4 Å². The highest BCUT2D eigenvalue weighted by atomic mass is 16.3. The second kappa shape index (κ2) is 4.92. The van der Waals surface area contributed by atoms with Crippen molar-refractivity contribution in [2.24, 2.45) is 0 Å². The lowest BCUT2D eigenvalue weighted by Crippen LogP contribution is -2.46. The fraction of sp³-hybridized carbons (Fsp3) is 0.263. The standard InChI is InChI=1S/C19H20O/c1-2-18(20)14-9-15-19(18,16-10-5-3-6-11-16)17-12-7-4-8-13-17/h2-8,10-13,20H,1,9,14-15H2. The van der Waals surface area contributed by atoms with Gasteiger partial charge in [0.05, 0.1) is 11.0 Å². The maximum Gasteiger partial charge on any atom is 0.0961 e. The Morgan fingerprint density at radius 2 is 1.35 bits per heavy atom. The molecule has 0 heterocycles.